The summed E-state index contributed by atoms with van der Waals surface area (Å²) in [6, 6.07) is 0. The predicted octanol–water partition coefficient (Wildman–Crippen LogP) is 1.32. The first kappa shape index (κ1) is 11.1. The van der Waals surface area contributed by atoms with Crippen molar-refractivity contribution in [2.45, 2.75) is 19.6 Å². The molecular weight excluding hydrogens is 176 g/mol. The number of amidine groups is 1. The first-order valence-corrected chi connectivity index (χ1v) is 4.98. The van der Waals surface area contributed by atoms with Gasteiger partial charge in [0.25, 0.3) is 0 Å². The van der Waals surface area contributed by atoms with Crippen molar-refractivity contribution in [3.05, 3.63) is 25.3 Å². The lowest BCUT2D eigenvalue weighted by atomic mass is 10.2. The molecule has 78 valence electrons. The maximum atomic E-state index is 9.84. The molecule has 0 saturated carbocycles. The Kier molecular flexibility index (Phi) is 3.61. The zero-order valence-corrected chi connectivity index (χ0v) is 8.82. The molecule has 0 aromatic carbocycles. The molecule has 3 nitrogen and oxygen atoms in total. The minimum atomic E-state index is -0.422. The van der Waals surface area contributed by atoms with Crippen LogP contribution in [0, 0.1) is 0 Å². The summed E-state index contributed by atoms with van der Waals surface area (Å²) < 4.78 is 0.537. The lowest BCUT2D eigenvalue weighted by molar-refractivity contribution is -0.878. The Morgan fingerprint density at radius 3 is 2.79 bits per heavy atom. The monoisotopic (exact) mass is 195 g/mol. The van der Waals surface area contributed by atoms with E-state index in [1.165, 1.54) is 0 Å². The molecule has 0 aromatic heterocycles. The molecule has 0 aromatic rings. The largest absolute Gasteiger partial charge is 0.345 e. The number of rotatable bonds is 5. The van der Waals surface area contributed by atoms with Crippen molar-refractivity contribution in [1.29, 1.82) is 0 Å². The van der Waals surface area contributed by atoms with E-state index in [2.05, 4.69) is 18.2 Å². The van der Waals surface area contributed by atoms with Gasteiger partial charge in [-0.05, 0) is 6.08 Å². The quantitative estimate of drug-likeness (QED) is 0.521. The second-order valence-electron chi connectivity index (χ2n) is 3.65. The van der Waals surface area contributed by atoms with Crippen LogP contribution in [0.25, 0.3) is 0 Å². The molecule has 2 unspecified atom stereocenters. The number of hydrogen-bond donors (Lipinski definition) is 1. The van der Waals surface area contributed by atoms with Gasteiger partial charge in [0.05, 0.1) is 13.0 Å². The summed E-state index contributed by atoms with van der Waals surface area (Å²) >= 11 is 0. The fourth-order valence-electron chi connectivity index (χ4n) is 1.98. The zero-order valence-electron chi connectivity index (χ0n) is 8.82. The Morgan fingerprint density at radius 2 is 2.29 bits per heavy atom. The van der Waals surface area contributed by atoms with Gasteiger partial charge in [0.1, 0.15) is 13.1 Å². The number of aliphatic hydroxyl groups excluding tert-OH is 1. The van der Waals surface area contributed by atoms with Crippen LogP contribution in [0.5, 0.6) is 0 Å². The molecule has 2 atom stereocenters. The summed E-state index contributed by atoms with van der Waals surface area (Å²) in [4.78, 5) is 4.43. The first-order valence-electron chi connectivity index (χ1n) is 4.98. The predicted molar refractivity (Wildman–Crippen MR) is 59.0 cm³/mol. The Labute approximate surface area is 85.7 Å². The molecule has 0 saturated heterocycles. The van der Waals surface area contributed by atoms with Crippen LogP contribution < -0.4 is 0 Å². The number of quaternary nitrogens is 1. The molecule has 0 radical (unpaired) electrons. The second-order valence-corrected chi connectivity index (χ2v) is 3.65. The number of aliphatic imine (C=N–C) groups is 1. The van der Waals surface area contributed by atoms with E-state index in [-0.39, 0.29) is 0 Å². The Morgan fingerprint density at radius 1 is 1.57 bits per heavy atom. The molecule has 14 heavy (non-hydrogen) atoms. The van der Waals surface area contributed by atoms with Crippen molar-refractivity contribution >= 4 is 5.84 Å². The van der Waals surface area contributed by atoms with Crippen LogP contribution in [0.15, 0.2) is 30.3 Å². The van der Waals surface area contributed by atoms with Crippen molar-refractivity contribution in [2.24, 2.45) is 4.99 Å². The molecule has 0 spiro atoms. The third-order valence-electron chi connectivity index (χ3n) is 2.80. The molecule has 0 amide bonds. The van der Waals surface area contributed by atoms with E-state index in [4.69, 9.17) is 0 Å². The van der Waals surface area contributed by atoms with Crippen LogP contribution in [0.2, 0.25) is 0 Å². The van der Waals surface area contributed by atoms with Gasteiger partial charge in [-0.25, -0.2) is 9.48 Å². The lowest BCUT2D eigenvalue weighted by Gasteiger charge is -2.36. The zero-order chi connectivity index (χ0) is 10.6. The molecule has 0 aliphatic carbocycles. The topological polar surface area (TPSA) is 32.6 Å². The van der Waals surface area contributed by atoms with E-state index >= 15 is 0 Å². The van der Waals surface area contributed by atoms with Gasteiger partial charge in [0.2, 0.25) is 5.84 Å². The van der Waals surface area contributed by atoms with E-state index < -0.39 is 6.23 Å². The number of hydrogen-bond acceptors (Lipinski definition) is 2. The van der Waals surface area contributed by atoms with Crippen molar-refractivity contribution in [3.8, 4) is 0 Å². The maximum absolute atomic E-state index is 9.84. The second kappa shape index (κ2) is 4.53. The molecule has 0 fully saturated rings. The van der Waals surface area contributed by atoms with Gasteiger partial charge in [-0.1, -0.05) is 12.7 Å². The highest BCUT2D eigenvalue weighted by Crippen LogP contribution is 2.21. The van der Waals surface area contributed by atoms with Crippen molar-refractivity contribution in [1.82, 2.24) is 0 Å². The average Bonchev–Trinajstić information content (AvgIpc) is 2.51. The van der Waals surface area contributed by atoms with Gasteiger partial charge < -0.3 is 5.11 Å². The summed E-state index contributed by atoms with van der Waals surface area (Å²) in [7, 11) is 0. The van der Waals surface area contributed by atoms with E-state index in [1.807, 2.05) is 19.1 Å². The molecule has 1 heterocycles. The molecule has 1 rings (SSSR count). The summed E-state index contributed by atoms with van der Waals surface area (Å²) in [5, 5.41) is 9.84. The van der Waals surface area contributed by atoms with Gasteiger partial charge in [0.15, 0.2) is 6.23 Å². The first-order chi connectivity index (χ1) is 6.67. The summed E-state index contributed by atoms with van der Waals surface area (Å²) in [5.41, 5.74) is 0. The standard InChI is InChI=1S/C11H19N2O/c1-4-6-11-12-7-9-13(11,8-5-2)10(3)14/h4-5,10,14H,1-2,6-9H2,3H3/q+1. The summed E-state index contributed by atoms with van der Waals surface area (Å²) in [6.45, 7) is 11.7. The number of aliphatic hydroxyl groups is 1. The van der Waals surface area contributed by atoms with Gasteiger partial charge in [-0.15, -0.1) is 6.58 Å². The highest BCUT2D eigenvalue weighted by Gasteiger charge is 2.40. The summed E-state index contributed by atoms with van der Waals surface area (Å²) in [5.74, 6) is 1.02. The average molecular weight is 195 g/mol. The minimum absolute atomic E-state index is 0.422. The van der Waals surface area contributed by atoms with Crippen LogP contribution in [0.3, 0.4) is 0 Å². The van der Waals surface area contributed by atoms with E-state index in [9.17, 15) is 5.11 Å². The smallest absolute Gasteiger partial charge is 0.204 e. The lowest BCUT2D eigenvalue weighted by Crippen LogP contribution is -2.56. The molecule has 3 heteroatoms. The highest BCUT2D eigenvalue weighted by molar-refractivity contribution is 5.78. The van der Waals surface area contributed by atoms with Crippen molar-refractivity contribution in [3.63, 3.8) is 0 Å². The van der Waals surface area contributed by atoms with Crippen LogP contribution in [0.1, 0.15) is 13.3 Å². The van der Waals surface area contributed by atoms with Crippen LogP contribution >= 0.6 is 0 Å². The Hall–Kier alpha value is -0.930. The third-order valence-corrected chi connectivity index (χ3v) is 2.80. The summed E-state index contributed by atoms with van der Waals surface area (Å²) in [6.07, 6.45) is 4.01. The van der Waals surface area contributed by atoms with Crippen molar-refractivity contribution < 1.29 is 9.59 Å². The highest BCUT2D eigenvalue weighted by atomic mass is 16.3. The SMILES string of the molecule is C=CCC1=NCC[N+]1(CC=C)C(C)O. The van der Waals surface area contributed by atoms with Gasteiger partial charge >= 0.3 is 0 Å². The van der Waals surface area contributed by atoms with Gasteiger partial charge in [0, 0.05) is 6.92 Å². The van der Waals surface area contributed by atoms with Crippen LogP contribution in [0.4, 0.5) is 0 Å². The number of nitrogens with zero attached hydrogens (tertiary/aromatic N) is 2. The molecule has 1 aliphatic heterocycles. The minimum Gasteiger partial charge on any atom is -0.345 e. The van der Waals surface area contributed by atoms with Crippen LogP contribution in [-0.2, 0) is 0 Å². The fraction of sp³-hybridized carbons (Fsp3) is 0.545. The molecule has 0 bridgehead atoms. The van der Waals surface area contributed by atoms with E-state index in [0.717, 1.165) is 31.9 Å². The fourth-order valence-corrected chi connectivity index (χ4v) is 1.98. The molecule has 1 aliphatic rings. The Balaban J connectivity index is 2.91. The van der Waals surface area contributed by atoms with Gasteiger partial charge in [-0.3, -0.25) is 0 Å². The van der Waals surface area contributed by atoms with Crippen LogP contribution in [-0.4, -0.2) is 41.3 Å². The Bertz CT molecular complexity index is 258. The maximum Gasteiger partial charge on any atom is 0.204 e. The van der Waals surface area contributed by atoms with Gasteiger partial charge in [-0.2, -0.15) is 0 Å². The molecular formula is C11H19N2O+. The third kappa shape index (κ3) is 1.79. The van der Waals surface area contributed by atoms with E-state index in [0.29, 0.717) is 4.48 Å². The van der Waals surface area contributed by atoms with Crippen molar-refractivity contribution in [2.75, 3.05) is 19.6 Å². The van der Waals surface area contributed by atoms with E-state index in [1.54, 1.807) is 0 Å². The normalized spacial score (nSPS) is 28.3. The molecule has 1 N–H and O–H groups in total.